The molecule has 0 heterocycles. The molecule has 0 unspecified atom stereocenters. The van der Waals surface area contributed by atoms with E-state index in [1.807, 2.05) is 0 Å². The molecule has 46 heteroatoms. The van der Waals surface area contributed by atoms with Crippen LogP contribution >= 0.6 is 0 Å². The molecule has 0 atom stereocenters. The van der Waals surface area contributed by atoms with E-state index >= 15 is 0 Å². The predicted octanol–water partition coefficient (Wildman–Crippen LogP) is 0.862. The third-order valence-corrected chi connectivity index (χ3v) is 20.5. The summed E-state index contributed by atoms with van der Waals surface area (Å²) in [4.78, 5) is 44.2. The molecule has 8 rings (SSSR count). The second-order valence-corrected chi connectivity index (χ2v) is 31.5. The first-order chi connectivity index (χ1) is 59.0. The fourth-order valence-electron chi connectivity index (χ4n) is 11.1. The Balaban J connectivity index is 0.000000381. The highest BCUT2D eigenvalue weighted by atomic mass is 32.2. The number of hydrazone groups is 2. The van der Waals surface area contributed by atoms with Gasteiger partial charge in [-0.05, 0) is 130 Å². The Hall–Kier alpha value is -8.33. The predicted molar refractivity (Wildman–Crippen MR) is 453 cm³/mol. The third-order valence-electron chi connectivity index (χ3n) is 17.0. The van der Waals surface area contributed by atoms with E-state index in [2.05, 4.69) is 46.4 Å². The van der Waals surface area contributed by atoms with Gasteiger partial charge in [0.05, 0.1) is 200 Å². The Morgan fingerprint density at radius 2 is 0.537 bits per heavy atom. The van der Waals surface area contributed by atoms with Crippen molar-refractivity contribution in [2.75, 3.05) is 259 Å². The largest absolute Gasteiger partial charge is 0.394 e. The number of anilines is 4. The lowest BCUT2D eigenvalue weighted by Crippen LogP contribution is -2.34. The van der Waals surface area contributed by atoms with Crippen LogP contribution in [0.4, 0.5) is 27.5 Å². The molecule has 123 heavy (non-hydrogen) atoms. The fourth-order valence-corrected chi connectivity index (χ4v) is 13.5. The van der Waals surface area contributed by atoms with Crippen LogP contribution in [0.5, 0.6) is 0 Å². The maximum Gasteiger partial charge on any atom is 0.323 e. The van der Waals surface area contributed by atoms with E-state index in [0.29, 0.717) is 140 Å². The molecule has 0 spiro atoms. The van der Waals surface area contributed by atoms with E-state index in [9.17, 15) is 66.3 Å². The van der Waals surface area contributed by atoms with Crippen molar-refractivity contribution >= 4 is 126 Å². The number of rotatable bonds is 55. The first-order valence-corrected chi connectivity index (χ1v) is 44.1. The Morgan fingerprint density at radius 3 is 0.772 bits per heavy atom. The van der Waals surface area contributed by atoms with Crippen LogP contribution in [0.1, 0.15) is 31.8 Å². The summed E-state index contributed by atoms with van der Waals surface area (Å²) in [5.74, 6) is -1.83. The lowest BCUT2D eigenvalue weighted by molar-refractivity contribution is 0.0325. The normalized spacial score (nSPS) is 13.6. The molecule has 17 N–H and O–H groups in total. The number of amides is 2. The lowest BCUT2D eigenvalue weighted by atomic mass is 9.94. The van der Waals surface area contributed by atoms with Gasteiger partial charge in [0.1, 0.15) is 9.81 Å². The van der Waals surface area contributed by atoms with Crippen LogP contribution < -0.4 is 21.5 Å². The van der Waals surface area contributed by atoms with E-state index in [1.165, 1.54) is 109 Å². The first kappa shape index (κ1) is 105. The van der Waals surface area contributed by atoms with Gasteiger partial charge < -0.3 is 99.2 Å². The maximum absolute atomic E-state index is 13.6. The second kappa shape index (κ2) is 57.3. The number of urea groups is 1. The number of benzene rings is 6. The summed E-state index contributed by atoms with van der Waals surface area (Å²) >= 11 is 0. The second-order valence-electron chi connectivity index (χ2n) is 25.9. The van der Waals surface area contributed by atoms with Crippen molar-refractivity contribution < 1.29 is 155 Å². The van der Waals surface area contributed by atoms with Gasteiger partial charge in [0.15, 0.2) is 11.4 Å². The highest BCUT2D eigenvalue weighted by Gasteiger charge is 2.35. The first-order valence-electron chi connectivity index (χ1n) is 38.4. The summed E-state index contributed by atoms with van der Waals surface area (Å²) in [6, 6.07) is 23.2. The zero-order valence-electron chi connectivity index (χ0n) is 67.4. The SMILES string of the molecule is O=C(Nc1ccc2c(c1)C=C(S(=O)(=O)O)/C(=N/Nc1ccc3cc(S(=O)(=O)O)ccc3c1)C2=O)Nc1ccc2c(c1)C=C(S(=O)(=O)O)/C(=N/Nc1ccc3cc(S(=O)(=O)O)ccc3c1)C2=O.OCCOCCN(CCOCCO)CCOCCO.OCCOCCN(CCOCCO)CCOCCO.OCCOCCN(CCOCCO)CCOCCO. The van der Waals surface area contributed by atoms with Crippen LogP contribution in [0.3, 0.4) is 0 Å². The van der Waals surface area contributed by atoms with E-state index in [-0.39, 0.29) is 114 Å². The molecule has 0 fully saturated rings. The van der Waals surface area contributed by atoms with Gasteiger partial charge in [-0.3, -0.25) is 53.4 Å². The molecule has 6 aromatic carbocycles. The number of hydrogen-bond donors (Lipinski definition) is 17. The highest BCUT2D eigenvalue weighted by Crippen LogP contribution is 2.32. The van der Waals surface area contributed by atoms with E-state index in [4.69, 9.17) is 88.6 Å². The molecule has 0 bridgehead atoms. The molecule has 0 aromatic heterocycles. The lowest BCUT2D eigenvalue weighted by Gasteiger charge is -2.22. The van der Waals surface area contributed by atoms with Crippen molar-refractivity contribution in [2.24, 2.45) is 10.2 Å². The molecule has 0 saturated heterocycles. The molecule has 6 aromatic rings. The number of carbonyl (C=O) groups is 3. The number of aliphatic hydroxyl groups is 9. The summed E-state index contributed by atoms with van der Waals surface area (Å²) in [6.07, 6.45) is 1.93. The number of allylic oxidation sites excluding steroid dienone is 2. The van der Waals surface area contributed by atoms with E-state index in [1.54, 1.807) is 0 Å². The van der Waals surface area contributed by atoms with Gasteiger partial charge >= 0.3 is 6.03 Å². The van der Waals surface area contributed by atoms with E-state index < -0.39 is 79.3 Å². The molecule has 2 amide bonds. The topological polar surface area (TPSA) is 616 Å². The Bertz CT molecular complexity index is 4460. The number of carbonyl (C=O) groups excluding carboxylic acids is 3. The van der Waals surface area contributed by atoms with Crippen LogP contribution in [0.2, 0.25) is 0 Å². The quantitative estimate of drug-likeness (QED) is 0.0143. The highest BCUT2D eigenvalue weighted by molar-refractivity contribution is 7.91. The monoisotopic (exact) mass is 1820 g/mol. The molecule has 0 radical (unpaired) electrons. The summed E-state index contributed by atoms with van der Waals surface area (Å²) in [7, 11) is -19.1. The number of ketones is 2. The zero-order valence-corrected chi connectivity index (χ0v) is 70.6. The van der Waals surface area contributed by atoms with Crippen LogP contribution in [0.15, 0.2) is 139 Å². The number of hydrogen-bond acceptors (Lipinski definition) is 36. The van der Waals surface area contributed by atoms with Gasteiger partial charge in [0, 0.05) is 81.4 Å². The van der Waals surface area contributed by atoms with Gasteiger partial charge in [-0.2, -0.15) is 43.9 Å². The minimum Gasteiger partial charge on any atom is -0.394 e. The van der Waals surface area contributed by atoms with Crippen molar-refractivity contribution in [1.82, 2.24) is 14.7 Å². The van der Waals surface area contributed by atoms with Gasteiger partial charge in [-0.15, -0.1) is 0 Å². The van der Waals surface area contributed by atoms with Gasteiger partial charge in [-0.25, -0.2) is 4.79 Å². The summed E-state index contributed by atoms with van der Waals surface area (Å²) in [5.41, 5.74) is 4.15. The molecule has 0 aliphatic heterocycles. The molecule has 42 nitrogen and oxygen atoms in total. The van der Waals surface area contributed by atoms with E-state index in [0.717, 1.165) is 71.1 Å². The molecular weight excluding hydrogens is 1710 g/mol. The minimum absolute atomic E-state index is 0.0262. The summed E-state index contributed by atoms with van der Waals surface area (Å²) < 4.78 is 182. The molecule has 2 aliphatic carbocycles. The number of fused-ring (bicyclic) bond motifs is 4. The van der Waals surface area contributed by atoms with Crippen LogP contribution in [-0.4, -0.2) is 379 Å². The molecular formula is C77H109N9O33S4. The van der Waals surface area contributed by atoms with Gasteiger partial charge in [-0.1, -0.05) is 24.3 Å². The van der Waals surface area contributed by atoms with Gasteiger partial charge in [0.25, 0.3) is 40.5 Å². The molecule has 0 saturated carbocycles. The van der Waals surface area contributed by atoms with Crippen molar-refractivity contribution in [1.29, 1.82) is 0 Å². The molecule has 684 valence electrons. The number of aliphatic hydroxyl groups excluding tert-OH is 9. The Kier molecular flexibility index (Phi) is 49.0. The third kappa shape index (κ3) is 39.4. The van der Waals surface area contributed by atoms with Gasteiger partial charge in [0.2, 0.25) is 11.6 Å². The standard InChI is InChI=1S/C41H28N6O15S4.3C12H27NO6/c48-39-33-11-7-27(15-25(33)19-35(65(57,58)59)37(39)46-44-29-5-1-23-17-31(63(51,52)53)9-3-21(23)13-29)42-41(50)43-28-8-12-34-26(16-28)20-36(66(60,61)62)38(40(34)49)47-45-30-6-2-24-18-32(64(54,55)56)10-4-22(24)14-30;3*14-4-10-17-7-1-13(2-8-18-11-5-15)3-9-19-12-6-16/h1-20,44-45H,(H2,42,43,50)(H,51,52,53)(H,54,55,56)(H,57,58,59)(H,60,61,62);3*14-16H,1-12H2/b46-37-,47-38-;;;. The zero-order chi connectivity index (χ0) is 90.1. The number of nitrogens with zero attached hydrogens (tertiary/aromatic N) is 5. The number of nitrogens with one attached hydrogen (secondary N) is 4. The Morgan fingerprint density at radius 1 is 0.301 bits per heavy atom. The van der Waals surface area contributed by atoms with Crippen molar-refractivity contribution in [3.63, 3.8) is 0 Å². The Labute approximate surface area is 711 Å². The molecule has 2 aliphatic rings. The minimum atomic E-state index is -5.07. The summed E-state index contributed by atoms with van der Waals surface area (Å²) in [5, 5.41) is 92.2. The van der Waals surface area contributed by atoms with Crippen LogP contribution in [0, 0.1) is 0 Å². The van der Waals surface area contributed by atoms with Crippen molar-refractivity contribution in [2.45, 2.75) is 9.79 Å². The van der Waals surface area contributed by atoms with Crippen LogP contribution in [-0.2, 0) is 83.1 Å². The average Bonchev–Trinajstić information content (AvgIpc) is 0.770. The van der Waals surface area contributed by atoms with Crippen molar-refractivity contribution in [3.05, 3.63) is 141 Å². The summed E-state index contributed by atoms with van der Waals surface area (Å²) in [6.45, 7) is 14.8. The average molecular weight is 1820 g/mol. The number of ether oxygens (including phenoxy) is 9. The fraction of sp³-hybridized carbons (Fsp3) is 0.468. The maximum atomic E-state index is 13.6. The smallest absolute Gasteiger partial charge is 0.323 e. The van der Waals surface area contributed by atoms with Crippen molar-refractivity contribution in [3.8, 4) is 0 Å². The number of Topliss-reactive ketones (excluding diaryl/α,β-unsaturated/α-hetero) is 2. The van der Waals surface area contributed by atoms with Crippen LogP contribution in [0.25, 0.3) is 33.7 Å².